The molecule has 0 unspecified atom stereocenters. The van der Waals surface area contributed by atoms with Gasteiger partial charge in [0.15, 0.2) is 5.78 Å². The fourth-order valence-electron chi connectivity index (χ4n) is 2.38. The van der Waals surface area contributed by atoms with Crippen LogP contribution in [0, 0.1) is 6.92 Å². The van der Waals surface area contributed by atoms with Gasteiger partial charge in [-0.05, 0) is 39.8 Å². The summed E-state index contributed by atoms with van der Waals surface area (Å²) in [6, 6.07) is 8.45. The maximum atomic E-state index is 11.5. The third-order valence-electron chi connectivity index (χ3n) is 2.97. The minimum atomic E-state index is 0.131. The van der Waals surface area contributed by atoms with Crippen molar-refractivity contribution in [3.63, 3.8) is 0 Å². The molecule has 0 radical (unpaired) electrons. The van der Waals surface area contributed by atoms with E-state index in [1.807, 2.05) is 12.1 Å². The van der Waals surface area contributed by atoms with Gasteiger partial charge in [-0.2, -0.15) is 0 Å². The third kappa shape index (κ3) is 1.54. The summed E-state index contributed by atoms with van der Waals surface area (Å²) in [4.78, 5) is 11.5. The average molecular weight is 215 g/mol. The first kappa shape index (κ1) is 10.9. The second-order valence-electron chi connectivity index (χ2n) is 4.54. The minimum absolute atomic E-state index is 0.131. The van der Waals surface area contributed by atoms with Crippen molar-refractivity contribution in [1.29, 1.82) is 0 Å². The Morgan fingerprint density at radius 3 is 2.56 bits per heavy atom. The lowest BCUT2D eigenvalue weighted by Gasteiger charge is -2.12. The van der Waals surface area contributed by atoms with Crippen molar-refractivity contribution in [3.05, 3.63) is 35.5 Å². The third-order valence-corrected chi connectivity index (χ3v) is 2.97. The molecule has 2 heteroatoms. The van der Waals surface area contributed by atoms with Crippen molar-refractivity contribution >= 4 is 16.7 Å². The standard InChI is InChI=1S/C14H17NO/c1-9(2)15-10(3)8-13-12(11(4)16)6-5-7-14(13)15/h5-9H,1-4H3. The van der Waals surface area contributed by atoms with Crippen LogP contribution in [0.1, 0.15) is 42.9 Å². The number of hydrogen-bond acceptors (Lipinski definition) is 1. The molecule has 0 aliphatic carbocycles. The SMILES string of the molecule is CC(=O)c1cccc2c1cc(C)n2C(C)C. The van der Waals surface area contributed by atoms with Crippen LogP contribution in [0.25, 0.3) is 10.9 Å². The van der Waals surface area contributed by atoms with Crippen LogP contribution in [0.3, 0.4) is 0 Å². The Balaban J connectivity index is 2.83. The summed E-state index contributed by atoms with van der Waals surface area (Å²) in [5, 5.41) is 1.07. The number of carbonyl (C=O) groups excluding carboxylic acids is 1. The molecule has 1 aromatic heterocycles. The highest BCUT2D eigenvalue weighted by Gasteiger charge is 2.12. The maximum Gasteiger partial charge on any atom is 0.160 e. The number of aromatic nitrogens is 1. The van der Waals surface area contributed by atoms with Gasteiger partial charge in [-0.15, -0.1) is 0 Å². The minimum Gasteiger partial charge on any atom is -0.342 e. The average Bonchev–Trinajstić information content (AvgIpc) is 2.52. The zero-order chi connectivity index (χ0) is 11.9. The molecule has 16 heavy (non-hydrogen) atoms. The Kier molecular flexibility index (Phi) is 2.58. The van der Waals surface area contributed by atoms with E-state index in [1.165, 1.54) is 5.69 Å². The van der Waals surface area contributed by atoms with Crippen molar-refractivity contribution in [2.75, 3.05) is 0 Å². The van der Waals surface area contributed by atoms with Crippen molar-refractivity contribution in [2.24, 2.45) is 0 Å². The van der Waals surface area contributed by atoms with E-state index >= 15 is 0 Å². The smallest absolute Gasteiger partial charge is 0.160 e. The molecule has 2 aromatic rings. The molecule has 0 aliphatic rings. The molecule has 0 saturated carbocycles. The number of rotatable bonds is 2. The van der Waals surface area contributed by atoms with Gasteiger partial charge in [0, 0.05) is 28.2 Å². The second kappa shape index (κ2) is 3.78. The van der Waals surface area contributed by atoms with Crippen molar-refractivity contribution in [1.82, 2.24) is 4.57 Å². The predicted octanol–water partition coefficient (Wildman–Crippen LogP) is 3.73. The van der Waals surface area contributed by atoms with Crippen LogP contribution in [0.15, 0.2) is 24.3 Å². The van der Waals surface area contributed by atoms with Crippen LogP contribution in [0.4, 0.5) is 0 Å². The lowest BCUT2D eigenvalue weighted by Crippen LogP contribution is -2.02. The van der Waals surface area contributed by atoms with Gasteiger partial charge >= 0.3 is 0 Å². The van der Waals surface area contributed by atoms with E-state index in [0.29, 0.717) is 6.04 Å². The first-order valence-electron chi connectivity index (χ1n) is 5.64. The molecule has 1 heterocycles. The van der Waals surface area contributed by atoms with Crippen LogP contribution in [-0.4, -0.2) is 10.4 Å². The van der Waals surface area contributed by atoms with Gasteiger partial charge < -0.3 is 4.57 Å². The number of aryl methyl sites for hydroxylation is 1. The van der Waals surface area contributed by atoms with Gasteiger partial charge in [0.2, 0.25) is 0 Å². The highest BCUT2D eigenvalue weighted by molar-refractivity contribution is 6.06. The zero-order valence-electron chi connectivity index (χ0n) is 10.2. The molecule has 2 rings (SSSR count). The van der Waals surface area contributed by atoms with E-state index in [1.54, 1.807) is 6.92 Å². The van der Waals surface area contributed by atoms with Gasteiger partial charge in [-0.1, -0.05) is 12.1 Å². The summed E-state index contributed by atoms with van der Waals surface area (Å²) in [6.45, 7) is 8.03. The number of carbonyl (C=O) groups is 1. The lowest BCUT2D eigenvalue weighted by molar-refractivity contribution is 0.101. The van der Waals surface area contributed by atoms with E-state index in [2.05, 4.69) is 37.5 Å². The highest BCUT2D eigenvalue weighted by Crippen LogP contribution is 2.26. The molecule has 0 aliphatic heterocycles. The van der Waals surface area contributed by atoms with Crippen LogP contribution >= 0.6 is 0 Å². The molecule has 2 nitrogen and oxygen atoms in total. The number of nitrogens with zero attached hydrogens (tertiary/aromatic N) is 1. The summed E-state index contributed by atoms with van der Waals surface area (Å²) in [5.41, 5.74) is 3.18. The van der Waals surface area contributed by atoms with E-state index in [0.717, 1.165) is 16.5 Å². The van der Waals surface area contributed by atoms with Crippen LogP contribution in [0.2, 0.25) is 0 Å². The Hall–Kier alpha value is -1.57. The lowest BCUT2D eigenvalue weighted by atomic mass is 10.1. The Labute approximate surface area is 95.9 Å². The first-order valence-corrected chi connectivity index (χ1v) is 5.64. The molecular formula is C14H17NO. The zero-order valence-corrected chi connectivity index (χ0v) is 10.2. The molecule has 0 atom stereocenters. The van der Waals surface area contributed by atoms with Crippen molar-refractivity contribution in [3.8, 4) is 0 Å². The molecule has 0 fully saturated rings. The molecule has 1 aromatic carbocycles. The van der Waals surface area contributed by atoms with E-state index in [-0.39, 0.29) is 5.78 Å². The predicted molar refractivity (Wildman–Crippen MR) is 67.1 cm³/mol. The Morgan fingerprint density at radius 1 is 1.31 bits per heavy atom. The van der Waals surface area contributed by atoms with E-state index in [4.69, 9.17) is 0 Å². The summed E-state index contributed by atoms with van der Waals surface area (Å²) in [5.74, 6) is 0.131. The van der Waals surface area contributed by atoms with Crippen molar-refractivity contribution in [2.45, 2.75) is 33.7 Å². The van der Waals surface area contributed by atoms with E-state index < -0.39 is 0 Å². The highest BCUT2D eigenvalue weighted by atomic mass is 16.1. The van der Waals surface area contributed by atoms with Crippen LogP contribution < -0.4 is 0 Å². The number of Topliss-reactive ketones (excluding diaryl/α,β-unsaturated/α-hetero) is 1. The van der Waals surface area contributed by atoms with Crippen LogP contribution in [0.5, 0.6) is 0 Å². The molecule has 0 amide bonds. The quantitative estimate of drug-likeness (QED) is 0.699. The topological polar surface area (TPSA) is 22.0 Å². The number of hydrogen-bond donors (Lipinski definition) is 0. The molecule has 0 N–H and O–H groups in total. The van der Waals surface area contributed by atoms with Gasteiger partial charge in [-0.25, -0.2) is 0 Å². The number of fused-ring (bicyclic) bond motifs is 1. The van der Waals surface area contributed by atoms with Gasteiger partial charge in [0.25, 0.3) is 0 Å². The van der Waals surface area contributed by atoms with Gasteiger partial charge in [0.1, 0.15) is 0 Å². The van der Waals surface area contributed by atoms with Gasteiger partial charge in [-0.3, -0.25) is 4.79 Å². The Bertz CT molecular complexity index is 549. The molecule has 84 valence electrons. The monoisotopic (exact) mass is 215 g/mol. The Morgan fingerprint density at radius 2 is 2.00 bits per heavy atom. The second-order valence-corrected chi connectivity index (χ2v) is 4.54. The first-order chi connectivity index (χ1) is 7.52. The fourth-order valence-corrected chi connectivity index (χ4v) is 2.38. The fraction of sp³-hybridized carbons (Fsp3) is 0.357. The molecule has 0 saturated heterocycles. The molecule has 0 spiro atoms. The number of ketones is 1. The summed E-state index contributed by atoms with van der Waals surface area (Å²) >= 11 is 0. The van der Waals surface area contributed by atoms with Crippen LogP contribution in [-0.2, 0) is 0 Å². The van der Waals surface area contributed by atoms with Crippen molar-refractivity contribution < 1.29 is 4.79 Å². The van der Waals surface area contributed by atoms with E-state index in [9.17, 15) is 4.79 Å². The largest absolute Gasteiger partial charge is 0.342 e. The maximum absolute atomic E-state index is 11.5. The summed E-state index contributed by atoms with van der Waals surface area (Å²) in [6.07, 6.45) is 0. The normalized spacial score (nSPS) is 11.3. The van der Waals surface area contributed by atoms with Gasteiger partial charge in [0.05, 0.1) is 0 Å². The summed E-state index contributed by atoms with van der Waals surface area (Å²) in [7, 11) is 0. The summed E-state index contributed by atoms with van der Waals surface area (Å²) < 4.78 is 2.27. The molecule has 0 bridgehead atoms. The molecular weight excluding hydrogens is 198 g/mol. The number of benzene rings is 1.